The number of carbonyl (C=O) groups excluding carboxylic acids is 3. The summed E-state index contributed by atoms with van der Waals surface area (Å²) >= 11 is 0. The monoisotopic (exact) mass is 385 g/mol. The van der Waals surface area contributed by atoms with Gasteiger partial charge >= 0.3 is 12.0 Å². The second kappa shape index (κ2) is 9.88. The summed E-state index contributed by atoms with van der Waals surface area (Å²) < 4.78 is 31.3. The van der Waals surface area contributed by atoms with E-state index in [2.05, 4.69) is 10.0 Å². The maximum Gasteiger partial charge on any atom is 0.338 e. The van der Waals surface area contributed by atoms with Crippen molar-refractivity contribution < 1.29 is 27.5 Å². The molecule has 144 valence electrons. The van der Waals surface area contributed by atoms with E-state index in [0.717, 1.165) is 6.07 Å². The summed E-state index contributed by atoms with van der Waals surface area (Å²) in [7, 11) is -3.73. The Kier molecular flexibility index (Phi) is 8.20. The molecule has 10 heteroatoms. The molecule has 0 aliphatic carbocycles. The molecule has 1 aromatic rings. The summed E-state index contributed by atoms with van der Waals surface area (Å²) in [6.07, 6.45) is 0.625. The molecule has 0 atom stereocenters. The van der Waals surface area contributed by atoms with Crippen molar-refractivity contribution in [2.45, 2.75) is 38.1 Å². The highest BCUT2D eigenvalue weighted by Crippen LogP contribution is 2.12. The van der Waals surface area contributed by atoms with Crippen LogP contribution in [0.25, 0.3) is 0 Å². The third-order valence-electron chi connectivity index (χ3n) is 2.93. The van der Waals surface area contributed by atoms with E-state index in [-0.39, 0.29) is 23.0 Å². The minimum Gasteiger partial charge on any atom is -0.452 e. The molecular formula is C16H23N3O6S. The zero-order chi connectivity index (χ0) is 19.7. The van der Waals surface area contributed by atoms with E-state index in [9.17, 15) is 22.8 Å². The number of rotatable bonds is 8. The van der Waals surface area contributed by atoms with Crippen molar-refractivity contribution in [1.29, 1.82) is 0 Å². The Morgan fingerprint density at radius 2 is 1.88 bits per heavy atom. The van der Waals surface area contributed by atoms with Crippen LogP contribution in [0.2, 0.25) is 0 Å². The second-order valence-corrected chi connectivity index (χ2v) is 7.45. The van der Waals surface area contributed by atoms with Gasteiger partial charge in [-0.25, -0.2) is 22.7 Å². The van der Waals surface area contributed by atoms with Gasteiger partial charge in [-0.2, -0.15) is 0 Å². The van der Waals surface area contributed by atoms with Gasteiger partial charge in [0.25, 0.3) is 5.91 Å². The number of benzene rings is 1. The first kappa shape index (κ1) is 21.6. The van der Waals surface area contributed by atoms with Crippen LogP contribution in [0.4, 0.5) is 4.79 Å². The van der Waals surface area contributed by atoms with E-state index in [1.54, 1.807) is 13.8 Å². The highest BCUT2D eigenvalue weighted by Gasteiger charge is 2.17. The fourth-order valence-electron chi connectivity index (χ4n) is 1.79. The molecule has 0 aromatic heterocycles. The van der Waals surface area contributed by atoms with Crippen molar-refractivity contribution >= 4 is 27.9 Å². The quantitative estimate of drug-likeness (QED) is 0.567. The Morgan fingerprint density at radius 3 is 2.50 bits per heavy atom. The van der Waals surface area contributed by atoms with Crippen molar-refractivity contribution in [2.24, 2.45) is 0 Å². The number of urea groups is 1. The lowest BCUT2D eigenvalue weighted by Gasteiger charge is -2.10. The fourth-order valence-corrected chi connectivity index (χ4v) is 2.96. The highest BCUT2D eigenvalue weighted by molar-refractivity contribution is 7.89. The summed E-state index contributed by atoms with van der Waals surface area (Å²) in [5.74, 6) is -1.68. The van der Waals surface area contributed by atoms with Crippen LogP contribution in [0.15, 0.2) is 29.2 Å². The standard InChI is InChI=1S/C16H23N3O6S/c1-4-8-17-26(23,24)13-7-5-6-12(9-13)15(21)25-10-14(20)19-16(22)18-11(2)3/h5-7,9,11,17H,4,8,10H2,1-3H3,(H2,18,19,20,22). The smallest absolute Gasteiger partial charge is 0.338 e. The third kappa shape index (κ3) is 7.19. The van der Waals surface area contributed by atoms with Gasteiger partial charge < -0.3 is 10.1 Å². The van der Waals surface area contributed by atoms with E-state index < -0.39 is 34.5 Å². The molecule has 0 saturated carbocycles. The first-order valence-electron chi connectivity index (χ1n) is 8.03. The van der Waals surface area contributed by atoms with E-state index in [4.69, 9.17) is 4.74 Å². The van der Waals surface area contributed by atoms with Crippen LogP contribution in [-0.2, 0) is 19.6 Å². The fraction of sp³-hybridized carbons (Fsp3) is 0.438. The third-order valence-corrected chi connectivity index (χ3v) is 4.39. The molecular weight excluding hydrogens is 362 g/mol. The summed E-state index contributed by atoms with van der Waals surface area (Å²) in [5.41, 5.74) is -0.0243. The number of hydrogen-bond donors (Lipinski definition) is 3. The molecule has 0 heterocycles. The van der Waals surface area contributed by atoms with E-state index >= 15 is 0 Å². The minimum absolute atomic E-state index is 0.0243. The molecule has 0 saturated heterocycles. The van der Waals surface area contributed by atoms with Gasteiger partial charge in [-0.3, -0.25) is 10.1 Å². The number of imide groups is 1. The summed E-state index contributed by atoms with van der Waals surface area (Å²) in [5, 5.41) is 4.45. The highest BCUT2D eigenvalue weighted by atomic mass is 32.2. The maximum atomic E-state index is 12.1. The van der Waals surface area contributed by atoms with Gasteiger partial charge in [-0.15, -0.1) is 0 Å². The Labute approximate surface area is 152 Å². The molecule has 0 radical (unpaired) electrons. The first-order valence-corrected chi connectivity index (χ1v) is 9.51. The van der Waals surface area contributed by atoms with E-state index in [0.29, 0.717) is 6.42 Å². The van der Waals surface area contributed by atoms with Crippen LogP contribution < -0.4 is 15.4 Å². The van der Waals surface area contributed by atoms with Crippen LogP contribution in [0, 0.1) is 0 Å². The second-order valence-electron chi connectivity index (χ2n) is 5.68. The predicted molar refractivity (Wildman–Crippen MR) is 94.0 cm³/mol. The lowest BCUT2D eigenvalue weighted by molar-refractivity contribution is -0.123. The molecule has 0 unspecified atom stereocenters. The van der Waals surface area contributed by atoms with Gasteiger partial charge in [0.1, 0.15) is 0 Å². The van der Waals surface area contributed by atoms with Crippen molar-refractivity contribution in [3.63, 3.8) is 0 Å². The molecule has 1 aromatic carbocycles. The molecule has 0 bridgehead atoms. The predicted octanol–water partition coefficient (Wildman–Crippen LogP) is 0.766. The van der Waals surface area contributed by atoms with Crippen LogP contribution in [-0.4, -0.2) is 45.5 Å². The normalized spacial score (nSPS) is 11.1. The zero-order valence-electron chi connectivity index (χ0n) is 14.9. The molecule has 26 heavy (non-hydrogen) atoms. The maximum absolute atomic E-state index is 12.1. The lowest BCUT2D eigenvalue weighted by Crippen LogP contribution is -2.44. The SMILES string of the molecule is CCCNS(=O)(=O)c1cccc(C(=O)OCC(=O)NC(=O)NC(C)C)c1. The average molecular weight is 385 g/mol. The van der Waals surface area contributed by atoms with Crippen LogP contribution in [0.1, 0.15) is 37.6 Å². The van der Waals surface area contributed by atoms with Crippen molar-refractivity contribution in [2.75, 3.05) is 13.2 Å². The summed E-state index contributed by atoms with van der Waals surface area (Å²) in [6.45, 7) is 4.87. The number of hydrogen-bond acceptors (Lipinski definition) is 6. The van der Waals surface area contributed by atoms with Gasteiger partial charge in [0.05, 0.1) is 10.5 Å². The lowest BCUT2D eigenvalue weighted by atomic mass is 10.2. The Balaban J connectivity index is 2.67. The number of amides is 3. The minimum atomic E-state index is -3.73. The first-order chi connectivity index (χ1) is 12.2. The topological polar surface area (TPSA) is 131 Å². The van der Waals surface area contributed by atoms with Crippen LogP contribution in [0.3, 0.4) is 0 Å². The van der Waals surface area contributed by atoms with Gasteiger partial charge in [0.15, 0.2) is 6.61 Å². The van der Waals surface area contributed by atoms with E-state index in [1.807, 2.05) is 12.2 Å². The molecule has 0 fully saturated rings. The zero-order valence-corrected chi connectivity index (χ0v) is 15.7. The van der Waals surface area contributed by atoms with Gasteiger partial charge in [-0.05, 0) is 38.5 Å². The molecule has 3 N–H and O–H groups in total. The van der Waals surface area contributed by atoms with Crippen LogP contribution in [0.5, 0.6) is 0 Å². The van der Waals surface area contributed by atoms with Crippen molar-refractivity contribution in [3.05, 3.63) is 29.8 Å². The molecule has 0 aliphatic rings. The average Bonchev–Trinajstić information content (AvgIpc) is 2.57. The molecule has 0 aliphatic heterocycles. The summed E-state index contributed by atoms with van der Waals surface area (Å²) in [4.78, 5) is 34.8. The molecule has 3 amide bonds. The number of esters is 1. The number of sulfonamides is 1. The molecule has 0 spiro atoms. The number of nitrogens with one attached hydrogen (secondary N) is 3. The van der Waals surface area contributed by atoms with Gasteiger partial charge in [0.2, 0.25) is 10.0 Å². The largest absolute Gasteiger partial charge is 0.452 e. The number of ether oxygens (including phenoxy) is 1. The van der Waals surface area contributed by atoms with Crippen molar-refractivity contribution in [3.8, 4) is 0 Å². The Bertz CT molecular complexity index is 761. The van der Waals surface area contributed by atoms with Crippen molar-refractivity contribution in [1.82, 2.24) is 15.4 Å². The van der Waals surface area contributed by atoms with Gasteiger partial charge in [-0.1, -0.05) is 13.0 Å². The molecule has 9 nitrogen and oxygen atoms in total. The summed E-state index contributed by atoms with van der Waals surface area (Å²) in [6, 6.07) is 4.41. The van der Waals surface area contributed by atoms with Crippen LogP contribution >= 0.6 is 0 Å². The number of carbonyl (C=O) groups is 3. The van der Waals surface area contributed by atoms with Gasteiger partial charge in [0, 0.05) is 12.6 Å². The molecule has 1 rings (SSSR count). The Hall–Kier alpha value is -2.46. The Morgan fingerprint density at radius 1 is 1.19 bits per heavy atom. The van der Waals surface area contributed by atoms with E-state index in [1.165, 1.54) is 18.2 Å².